The van der Waals surface area contributed by atoms with Crippen LogP contribution in [-0.2, 0) is 15.4 Å². The van der Waals surface area contributed by atoms with Crippen LogP contribution in [-0.4, -0.2) is 5.66 Å². The Morgan fingerprint density at radius 1 is 0.750 bits per heavy atom. The Morgan fingerprint density at radius 2 is 1.07 bits per heavy atom. The van der Waals surface area contributed by atoms with Crippen LogP contribution in [0.5, 0.6) is 11.5 Å². The summed E-state index contributed by atoms with van der Waals surface area (Å²) in [5, 5.41) is 0. The van der Waals surface area contributed by atoms with Gasteiger partial charge in [0.2, 0.25) is 0 Å². The monoisotopic (exact) mass is 402 g/mol. The summed E-state index contributed by atoms with van der Waals surface area (Å²) < 4.78 is 25.5. The SMILES string of the molecule is CCC(C)P(=O)(Oc1ccc(C(C)(C)C)cc1)Oc1ccc(C(C)(C)C)cc1. The predicted octanol–water partition coefficient (Wildman–Crippen LogP) is 7.73. The van der Waals surface area contributed by atoms with E-state index in [0.29, 0.717) is 17.9 Å². The minimum atomic E-state index is -3.37. The molecule has 0 saturated carbocycles. The Balaban J connectivity index is 2.25. The summed E-state index contributed by atoms with van der Waals surface area (Å²) in [6.07, 6.45) is 0.706. The van der Waals surface area contributed by atoms with E-state index in [0.717, 1.165) is 0 Å². The van der Waals surface area contributed by atoms with Gasteiger partial charge in [-0.25, -0.2) is 4.57 Å². The summed E-state index contributed by atoms with van der Waals surface area (Å²) in [5.74, 6) is 1.14. The molecule has 3 nitrogen and oxygen atoms in total. The van der Waals surface area contributed by atoms with Crippen LogP contribution in [0.4, 0.5) is 0 Å². The molecule has 0 N–H and O–H groups in total. The fourth-order valence-electron chi connectivity index (χ4n) is 2.75. The maximum Gasteiger partial charge on any atom is 0.433 e. The number of hydrogen-bond donors (Lipinski definition) is 0. The topological polar surface area (TPSA) is 35.5 Å². The molecular formula is C24H35O3P. The Hall–Kier alpha value is -1.73. The molecule has 4 heteroatoms. The first-order valence-corrected chi connectivity index (χ1v) is 11.7. The van der Waals surface area contributed by atoms with Gasteiger partial charge in [0.1, 0.15) is 11.5 Å². The first-order valence-electron chi connectivity index (χ1n) is 10.0. The van der Waals surface area contributed by atoms with Crippen molar-refractivity contribution >= 4 is 7.60 Å². The summed E-state index contributed by atoms with van der Waals surface area (Å²) >= 11 is 0. The van der Waals surface area contributed by atoms with E-state index in [1.54, 1.807) is 0 Å². The van der Waals surface area contributed by atoms with Gasteiger partial charge in [-0.1, -0.05) is 72.7 Å². The van der Waals surface area contributed by atoms with Gasteiger partial charge >= 0.3 is 7.60 Å². The predicted molar refractivity (Wildman–Crippen MR) is 119 cm³/mol. The van der Waals surface area contributed by atoms with E-state index in [2.05, 4.69) is 41.5 Å². The molecule has 0 heterocycles. The molecule has 2 aromatic rings. The fraction of sp³-hybridized carbons (Fsp3) is 0.500. The molecule has 0 amide bonds. The van der Waals surface area contributed by atoms with Gasteiger partial charge in [0.05, 0.1) is 5.66 Å². The highest BCUT2D eigenvalue weighted by Gasteiger charge is 2.35. The zero-order valence-electron chi connectivity index (χ0n) is 18.6. The molecule has 0 aromatic heterocycles. The Kier molecular flexibility index (Phi) is 6.71. The summed E-state index contributed by atoms with van der Waals surface area (Å²) in [5.41, 5.74) is 2.32. The van der Waals surface area contributed by atoms with Crippen molar-refractivity contribution in [2.75, 3.05) is 0 Å². The van der Waals surface area contributed by atoms with Crippen LogP contribution in [0.25, 0.3) is 0 Å². The van der Waals surface area contributed by atoms with Crippen LogP contribution in [0.2, 0.25) is 0 Å². The fourth-order valence-corrected chi connectivity index (χ4v) is 4.42. The lowest BCUT2D eigenvalue weighted by atomic mass is 9.87. The number of benzene rings is 2. The minimum Gasteiger partial charge on any atom is -0.416 e. The summed E-state index contributed by atoms with van der Waals surface area (Å²) in [6.45, 7) is 16.9. The molecule has 1 unspecified atom stereocenters. The summed E-state index contributed by atoms with van der Waals surface area (Å²) in [6, 6.07) is 15.6. The average molecular weight is 403 g/mol. The van der Waals surface area contributed by atoms with E-state index in [-0.39, 0.29) is 16.5 Å². The molecule has 154 valence electrons. The highest BCUT2D eigenvalue weighted by Crippen LogP contribution is 2.54. The first kappa shape index (κ1) is 22.6. The average Bonchev–Trinajstić information content (AvgIpc) is 2.60. The maximum absolute atomic E-state index is 13.6. The largest absolute Gasteiger partial charge is 0.433 e. The van der Waals surface area contributed by atoms with Crippen molar-refractivity contribution in [3.8, 4) is 11.5 Å². The quantitative estimate of drug-likeness (QED) is 0.464. The van der Waals surface area contributed by atoms with Gasteiger partial charge in [-0.3, -0.25) is 0 Å². The third-order valence-corrected chi connectivity index (χ3v) is 7.41. The molecule has 2 aromatic carbocycles. The normalized spacial score (nSPS) is 13.9. The smallest absolute Gasteiger partial charge is 0.416 e. The van der Waals surface area contributed by atoms with Crippen molar-refractivity contribution in [1.82, 2.24) is 0 Å². The second kappa shape index (κ2) is 8.33. The van der Waals surface area contributed by atoms with Gasteiger partial charge in [-0.15, -0.1) is 0 Å². The van der Waals surface area contributed by atoms with Gasteiger partial charge < -0.3 is 9.05 Å². The first-order chi connectivity index (χ1) is 12.8. The highest BCUT2D eigenvalue weighted by molar-refractivity contribution is 7.55. The lowest BCUT2D eigenvalue weighted by Gasteiger charge is -2.26. The number of hydrogen-bond acceptors (Lipinski definition) is 3. The van der Waals surface area contributed by atoms with E-state index in [9.17, 15) is 4.57 Å². The zero-order chi connectivity index (χ0) is 21.2. The second-order valence-electron chi connectivity index (χ2n) is 9.53. The molecule has 0 aliphatic carbocycles. The molecule has 0 spiro atoms. The molecule has 0 bridgehead atoms. The van der Waals surface area contributed by atoms with E-state index in [1.165, 1.54) is 11.1 Å². The minimum absolute atomic E-state index is 0.0598. The molecule has 2 rings (SSSR count). The molecule has 0 aliphatic rings. The van der Waals surface area contributed by atoms with Crippen molar-refractivity contribution < 1.29 is 13.6 Å². The van der Waals surface area contributed by atoms with E-state index < -0.39 is 7.60 Å². The van der Waals surface area contributed by atoms with E-state index in [1.807, 2.05) is 62.4 Å². The standard InChI is InChI=1S/C24H35O3P/c1-9-18(2)28(25,26-21-14-10-19(11-15-21)23(3,4)5)27-22-16-12-20(13-17-22)24(6,7)8/h10-18H,9H2,1-8H3. The lowest BCUT2D eigenvalue weighted by Crippen LogP contribution is -2.14. The molecule has 0 saturated heterocycles. The van der Waals surface area contributed by atoms with Gasteiger partial charge in [0.25, 0.3) is 0 Å². The summed E-state index contributed by atoms with van der Waals surface area (Å²) in [4.78, 5) is 0. The lowest BCUT2D eigenvalue weighted by molar-refractivity contribution is 0.372. The van der Waals surface area contributed by atoms with Crippen molar-refractivity contribution in [3.63, 3.8) is 0 Å². The van der Waals surface area contributed by atoms with Crippen LogP contribution >= 0.6 is 7.60 Å². The third kappa shape index (κ3) is 5.64. The van der Waals surface area contributed by atoms with E-state index in [4.69, 9.17) is 9.05 Å². The van der Waals surface area contributed by atoms with Crippen molar-refractivity contribution in [3.05, 3.63) is 59.7 Å². The molecule has 0 fully saturated rings. The van der Waals surface area contributed by atoms with Gasteiger partial charge in [-0.2, -0.15) is 0 Å². The maximum atomic E-state index is 13.6. The van der Waals surface area contributed by atoms with E-state index >= 15 is 0 Å². The molecule has 28 heavy (non-hydrogen) atoms. The van der Waals surface area contributed by atoms with Crippen LogP contribution < -0.4 is 9.05 Å². The van der Waals surface area contributed by atoms with Crippen LogP contribution in [0.1, 0.15) is 72.9 Å². The Labute approximate surface area is 171 Å². The van der Waals surface area contributed by atoms with Crippen molar-refractivity contribution in [2.45, 2.75) is 78.3 Å². The third-order valence-electron chi connectivity index (χ3n) is 5.04. The molecule has 1 atom stereocenters. The van der Waals surface area contributed by atoms with Crippen molar-refractivity contribution in [1.29, 1.82) is 0 Å². The van der Waals surface area contributed by atoms with Gasteiger partial charge in [0, 0.05) is 0 Å². The Bertz CT molecular complexity index is 745. The van der Waals surface area contributed by atoms with Crippen LogP contribution in [0.15, 0.2) is 48.5 Å². The zero-order valence-corrected chi connectivity index (χ0v) is 19.5. The Morgan fingerprint density at radius 3 is 1.32 bits per heavy atom. The van der Waals surface area contributed by atoms with Crippen LogP contribution in [0.3, 0.4) is 0 Å². The second-order valence-corrected chi connectivity index (χ2v) is 11.9. The molecule has 0 radical (unpaired) electrons. The van der Waals surface area contributed by atoms with Crippen molar-refractivity contribution in [2.24, 2.45) is 0 Å². The number of rotatable bonds is 6. The van der Waals surface area contributed by atoms with Gasteiger partial charge in [0.15, 0.2) is 0 Å². The summed E-state index contributed by atoms with van der Waals surface area (Å²) in [7, 11) is -3.37. The molecular weight excluding hydrogens is 367 g/mol. The van der Waals surface area contributed by atoms with Crippen LogP contribution in [0, 0.1) is 0 Å². The molecule has 0 aliphatic heterocycles. The van der Waals surface area contributed by atoms with Gasteiger partial charge in [-0.05, 0) is 59.6 Å². The highest BCUT2D eigenvalue weighted by atomic mass is 31.2.